The average molecular weight is 783 g/mol. The third-order valence-electron chi connectivity index (χ3n) is 11.6. The van der Waals surface area contributed by atoms with E-state index in [9.17, 15) is 18.8 Å². The first-order valence-corrected chi connectivity index (χ1v) is 19.8. The van der Waals surface area contributed by atoms with Crippen LogP contribution in [0.15, 0.2) is 48.9 Å². The van der Waals surface area contributed by atoms with E-state index >= 15 is 0 Å². The summed E-state index contributed by atoms with van der Waals surface area (Å²) >= 11 is 6.15. The molecule has 1 aliphatic carbocycles. The molecule has 4 amide bonds. The second kappa shape index (κ2) is 16.4. The van der Waals surface area contributed by atoms with E-state index in [-0.39, 0.29) is 43.0 Å². The van der Waals surface area contributed by atoms with Crippen LogP contribution in [-0.2, 0) is 4.79 Å². The predicted octanol–water partition coefficient (Wildman–Crippen LogP) is 5.61. The molecule has 5 heterocycles. The summed E-state index contributed by atoms with van der Waals surface area (Å²) in [5.41, 5.74) is 1.95. The van der Waals surface area contributed by atoms with Gasteiger partial charge in [0.05, 0.1) is 45.7 Å². The van der Waals surface area contributed by atoms with Crippen LogP contribution in [-0.4, -0.2) is 93.9 Å². The third kappa shape index (κ3) is 8.27. The number of benzene rings is 2. The third-order valence-corrected chi connectivity index (χ3v) is 11.9. The molecule has 4 aromatic rings. The molecule has 4 aliphatic rings. The van der Waals surface area contributed by atoms with Gasteiger partial charge in [0.15, 0.2) is 0 Å². The van der Waals surface area contributed by atoms with E-state index < -0.39 is 11.8 Å². The Balaban J connectivity index is 0.768. The Morgan fingerprint density at radius 1 is 0.964 bits per heavy atom. The van der Waals surface area contributed by atoms with Gasteiger partial charge in [0, 0.05) is 75.6 Å². The monoisotopic (exact) mass is 782 g/mol. The quantitative estimate of drug-likeness (QED) is 0.218. The fourth-order valence-electron chi connectivity index (χ4n) is 8.48. The Morgan fingerprint density at radius 2 is 1.71 bits per heavy atom. The molecule has 16 heteroatoms. The van der Waals surface area contributed by atoms with Gasteiger partial charge in [-0.2, -0.15) is 10.4 Å². The number of likely N-dealkylation sites (tertiary alicyclic amines) is 1. The van der Waals surface area contributed by atoms with Gasteiger partial charge in [-0.25, -0.2) is 19.2 Å². The van der Waals surface area contributed by atoms with Gasteiger partial charge in [-0.05, 0) is 81.5 Å². The molecular formula is C40H44ClFN10O4. The highest BCUT2D eigenvalue weighted by Crippen LogP contribution is 2.34. The molecule has 0 bridgehead atoms. The minimum absolute atomic E-state index is 0.0251. The lowest BCUT2D eigenvalue weighted by Gasteiger charge is -2.37. The highest BCUT2D eigenvalue weighted by atomic mass is 35.5. The zero-order chi connectivity index (χ0) is 38.8. The Morgan fingerprint density at radius 3 is 2.41 bits per heavy atom. The molecule has 3 saturated heterocycles. The number of hydrogen-bond acceptors (Lipinski definition) is 10. The normalized spacial score (nSPS) is 21.5. The number of nitrogens with one attached hydrogen (secondary N) is 2. The largest absolute Gasteiger partial charge is 0.490 e. The number of amides is 4. The molecule has 0 atom stereocenters. The lowest BCUT2D eigenvalue weighted by molar-refractivity contribution is -0.120. The first-order chi connectivity index (χ1) is 27.2. The van der Waals surface area contributed by atoms with Gasteiger partial charge in [0.25, 0.3) is 5.91 Å². The Labute approximate surface area is 328 Å². The van der Waals surface area contributed by atoms with Crippen LogP contribution in [0.1, 0.15) is 79.8 Å². The second-order valence-electron chi connectivity index (χ2n) is 15.3. The van der Waals surface area contributed by atoms with E-state index in [2.05, 4.69) is 41.6 Å². The summed E-state index contributed by atoms with van der Waals surface area (Å²) in [6.07, 6.45) is 12.1. The molecule has 2 N–H and O–H groups in total. The summed E-state index contributed by atoms with van der Waals surface area (Å²) in [4.78, 5) is 52.4. The van der Waals surface area contributed by atoms with Crippen LogP contribution in [0.4, 0.5) is 20.8 Å². The zero-order valence-electron chi connectivity index (χ0n) is 31.0. The van der Waals surface area contributed by atoms with Crippen LogP contribution in [0.3, 0.4) is 0 Å². The smallest absolute Gasteiger partial charge is 0.328 e. The minimum Gasteiger partial charge on any atom is -0.490 e. The highest BCUT2D eigenvalue weighted by molar-refractivity contribution is 6.31. The van der Waals surface area contributed by atoms with E-state index in [1.807, 2.05) is 4.68 Å². The molecule has 0 unspecified atom stereocenters. The molecule has 292 valence electrons. The molecular weight excluding hydrogens is 739 g/mol. The lowest BCUT2D eigenvalue weighted by Crippen LogP contribution is -2.49. The standard InChI is InChI=1S/C40H44ClFN10O4/c41-34-19-32(4-1-26(34)20-43)56-31-5-2-29(3-6-31)47-38(54)27-21-44-39(45-22-27)50-14-7-25(8-15-50)24-49-12-9-30(10-13-49)52-36-18-28(42)17-35(33(36)23-46-52)51-16-11-37(53)48-40(51)55/h1,4,17-19,21-23,25,29-31H,2-3,5-16,24H2,(H,47,54)(H,48,53,55)/t29-,31-. The maximum atomic E-state index is 14.8. The van der Waals surface area contributed by atoms with E-state index in [0.29, 0.717) is 50.4 Å². The van der Waals surface area contributed by atoms with Crippen molar-refractivity contribution in [3.05, 3.63) is 70.9 Å². The van der Waals surface area contributed by atoms with E-state index in [1.165, 1.54) is 17.0 Å². The molecule has 1 saturated carbocycles. The number of piperidine rings is 2. The average Bonchev–Trinajstić information content (AvgIpc) is 3.63. The van der Waals surface area contributed by atoms with Crippen molar-refractivity contribution in [1.29, 1.82) is 5.26 Å². The number of carbonyl (C=O) groups excluding carboxylic acids is 3. The number of hydrogen-bond donors (Lipinski definition) is 2. The zero-order valence-corrected chi connectivity index (χ0v) is 31.8. The van der Waals surface area contributed by atoms with Crippen LogP contribution in [0, 0.1) is 23.1 Å². The number of urea groups is 1. The number of ether oxygens (including phenoxy) is 1. The number of rotatable bonds is 9. The van der Waals surface area contributed by atoms with Crippen LogP contribution in [0.5, 0.6) is 5.75 Å². The summed E-state index contributed by atoms with van der Waals surface area (Å²) in [6, 6.07) is 9.58. The van der Waals surface area contributed by atoms with Gasteiger partial charge in [-0.3, -0.25) is 24.5 Å². The number of halogens is 2. The fourth-order valence-corrected chi connectivity index (χ4v) is 8.69. The predicted molar refractivity (Wildman–Crippen MR) is 207 cm³/mol. The van der Waals surface area contributed by atoms with Gasteiger partial charge in [0.2, 0.25) is 11.9 Å². The van der Waals surface area contributed by atoms with E-state index in [1.54, 1.807) is 36.8 Å². The second-order valence-corrected chi connectivity index (χ2v) is 15.7. The molecule has 8 rings (SSSR count). The van der Waals surface area contributed by atoms with Crippen molar-refractivity contribution in [2.75, 3.05) is 49.1 Å². The Hall–Kier alpha value is -5.33. The maximum absolute atomic E-state index is 14.8. The van der Waals surface area contributed by atoms with Gasteiger partial charge in [-0.15, -0.1) is 0 Å². The van der Waals surface area contributed by atoms with Crippen molar-refractivity contribution in [3.63, 3.8) is 0 Å². The topological polar surface area (TPSA) is 162 Å². The maximum Gasteiger partial charge on any atom is 0.328 e. The first kappa shape index (κ1) is 37.6. The van der Waals surface area contributed by atoms with Crippen molar-refractivity contribution < 1.29 is 23.5 Å². The molecule has 0 spiro atoms. The van der Waals surface area contributed by atoms with Crippen molar-refractivity contribution in [2.24, 2.45) is 5.92 Å². The Kier molecular flexibility index (Phi) is 11.0. The van der Waals surface area contributed by atoms with Gasteiger partial charge in [-0.1, -0.05) is 11.6 Å². The molecule has 14 nitrogen and oxygen atoms in total. The minimum atomic E-state index is -0.544. The van der Waals surface area contributed by atoms with Crippen LogP contribution >= 0.6 is 11.6 Å². The number of nitrogens with zero attached hydrogens (tertiary/aromatic N) is 8. The number of aromatic nitrogens is 4. The summed E-state index contributed by atoms with van der Waals surface area (Å²) in [5, 5.41) is 20.3. The molecule has 2 aromatic heterocycles. The first-order valence-electron chi connectivity index (χ1n) is 19.5. The molecule has 2 aromatic carbocycles. The van der Waals surface area contributed by atoms with E-state index in [0.717, 1.165) is 84.1 Å². The SMILES string of the molecule is N#Cc1ccc(O[C@H]2CC[C@H](NC(=O)c3cnc(N4CCC(CN5CCC(n6ncc7c(N8CCC(=O)NC8=O)cc(F)cc76)CC5)CC4)nc3)CC2)cc1Cl. The van der Waals surface area contributed by atoms with Gasteiger partial charge in [0.1, 0.15) is 17.6 Å². The Bertz CT molecular complexity index is 2130. The number of anilines is 2. The summed E-state index contributed by atoms with van der Waals surface area (Å²) in [5.74, 6) is 0.887. The van der Waals surface area contributed by atoms with Gasteiger partial charge >= 0.3 is 6.03 Å². The van der Waals surface area contributed by atoms with E-state index in [4.69, 9.17) is 21.6 Å². The highest BCUT2D eigenvalue weighted by Gasteiger charge is 2.30. The summed E-state index contributed by atoms with van der Waals surface area (Å²) in [7, 11) is 0. The van der Waals surface area contributed by atoms with Crippen LogP contribution < -0.4 is 25.2 Å². The van der Waals surface area contributed by atoms with Crippen molar-refractivity contribution >= 4 is 52.0 Å². The number of carbonyl (C=O) groups is 3. The molecule has 3 aliphatic heterocycles. The fraction of sp³-hybridized carbons (Fsp3) is 0.475. The lowest BCUT2D eigenvalue weighted by atomic mass is 9.92. The number of imide groups is 1. The van der Waals surface area contributed by atoms with Gasteiger partial charge < -0.3 is 19.9 Å². The van der Waals surface area contributed by atoms with Crippen molar-refractivity contribution in [3.8, 4) is 11.8 Å². The molecule has 4 fully saturated rings. The molecule has 0 radical (unpaired) electrons. The summed E-state index contributed by atoms with van der Waals surface area (Å²) < 4.78 is 22.8. The van der Waals surface area contributed by atoms with Crippen molar-refractivity contribution in [2.45, 2.75) is 76.0 Å². The number of nitriles is 1. The summed E-state index contributed by atoms with van der Waals surface area (Å²) in [6.45, 7) is 4.75. The van der Waals surface area contributed by atoms with Crippen LogP contribution in [0.25, 0.3) is 10.9 Å². The number of fused-ring (bicyclic) bond motifs is 1. The van der Waals surface area contributed by atoms with Crippen molar-refractivity contribution in [1.82, 2.24) is 35.3 Å². The molecule has 56 heavy (non-hydrogen) atoms. The van der Waals surface area contributed by atoms with Crippen LogP contribution in [0.2, 0.25) is 5.02 Å².